The Balaban J connectivity index is 2.63. The predicted molar refractivity (Wildman–Crippen MR) is 93.8 cm³/mol. The maximum absolute atomic E-state index is 12.3. The standard InChI is InChI=1S/C18H20ClN3O/c1-3-11-22(12-4-2)18(23)16(13-20)14-21-10-9-15-7-5-6-8-17(15)19/h3-8,14,21H,1-2,9-12H2/b16-14-. The highest BCUT2D eigenvalue weighted by atomic mass is 35.5. The van der Waals surface area contributed by atoms with Gasteiger partial charge in [0.25, 0.3) is 5.91 Å². The fourth-order valence-electron chi connectivity index (χ4n) is 1.95. The Kier molecular flexibility index (Phi) is 8.27. The molecule has 4 nitrogen and oxygen atoms in total. The van der Waals surface area contributed by atoms with E-state index in [2.05, 4.69) is 18.5 Å². The van der Waals surface area contributed by atoms with E-state index in [4.69, 9.17) is 16.9 Å². The van der Waals surface area contributed by atoms with E-state index in [1.807, 2.05) is 30.3 Å². The van der Waals surface area contributed by atoms with Crippen LogP contribution in [0.5, 0.6) is 0 Å². The van der Waals surface area contributed by atoms with Crippen molar-refractivity contribution in [3.8, 4) is 6.07 Å². The lowest BCUT2D eigenvalue weighted by Crippen LogP contribution is -2.32. The second-order valence-electron chi connectivity index (χ2n) is 4.75. The number of nitriles is 1. The molecular weight excluding hydrogens is 310 g/mol. The van der Waals surface area contributed by atoms with Gasteiger partial charge in [-0.3, -0.25) is 4.79 Å². The third-order valence-corrected chi connectivity index (χ3v) is 3.45. The van der Waals surface area contributed by atoms with Crippen molar-refractivity contribution in [3.63, 3.8) is 0 Å². The Bertz CT molecular complexity index is 621. The number of nitrogens with one attached hydrogen (secondary N) is 1. The van der Waals surface area contributed by atoms with Gasteiger partial charge in [-0.25, -0.2) is 0 Å². The molecule has 0 fully saturated rings. The maximum atomic E-state index is 12.3. The van der Waals surface area contributed by atoms with Crippen molar-refractivity contribution in [2.45, 2.75) is 6.42 Å². The Hall–Kier alpha value is -2.51. The van der Waals surface area contributed by atoms with Crippen LogP contribution in [-0.2, 0) is 11.2 Å². The van der Waals surface area contributed by atoms with Gasteiger partial charge >= 0.3 is 0 Å². The van der Waals surface area contributed by atoms with Crippen LogP contribution in [0, 0.1) is 11.3 Å². The van der Waals surface area contributed by atoms with Crippen molar-refractivity contribution >= 4 is 17.5 Å². The third kappa shape index (κ3) is 6.01. The number of benzene rings is 1. The number of hydrogen-bond donors (Lipinski definition) is 1. The summed E-state index contributed by atoms with van der Waals surface area (Å²) < 4.78 is 0. The molecule has 1 aromatic carbocycles. The van der Waals surface area contributed by atoms with Crippen LogP contribution in [-0.4, -0.2) is 30.4 Å². The first-order valence-corrected chi connectivity index (χ1v) is 7.60. The molecule has 0 heterocycles. The molecule has 120 valence electrons. The van der Waals surface area contributed by atoms with E-state index in [0.29, 0.717) is 31.1 Å². The number of amides is 1. The first-order valence-electron chi connectivity index (χ1n) is 7.22. The molecule has 1 rings (SSSR count). The molecular formula is C18H20ClN3O. The number of rotatable bonds is 9. The van der Waals surface area contributed by atoms with Gasteiger partial charge in [0.05, 0.1) is 0 Å². The van der Waals surface area contributed by atoms with E-state index in [1.54, 1.807) is 12.2 Å². The van der Waals surface area contributed by atoms with E-state index in [0.717, 1.165) is 5.56 Å². The van der Waals surface area contributed by atoms with Gasteiger partial charge in [-0.05, 0) is 18.1 Å². The highest BCUT2D eigenvalue weighted by Crippen LogP contribution is 2.14. The van der Waals surface area contributed by atoms with Gasteiger partial charge < -0.3 is 10.2 Å². The van der Waals surface area contributed by atoms with E-state index in [9.17, 15) is 4.79 Å². The zero-order valence-electron chi connectivity index (χ0n) is 13.0. The lowest BCUT2D eigenvalue weighted by atomic mass is 10.1. The molecule has 5 heteroatoms. The molecule has 0 bridgehead atoms. The Morgan fingerprint density at radius 2 is 1.96 bits per heavy atom. The fourth-order valence-corrected chi connectivity index (χ4v) is 2.18. The zero-order valence-corrected chi connectivity index (χ0v) is 13.7. The SMILES string of the molecule is C=CCN(CC=C)C(=O)/C(C#N)=C\NCCc1ccccc1Cl. The largest absolute Gasteiger partial charge is 0.389 e. The first kappa shape index (κ1) is 18.5. The molecule has 0 aliphatic carbocycles. The van der Waals surface area contributed by atoms with Crippen LogP contribution in [0.1, 0.15) is 5.56 Å². The monoisotopic (exact) mass is 329 g/mol. The third-order valence-electron chi connectivity index (χ3n) is 3.08. The average molecular weight is 330 g/mol. The molecule has 0 saturated heterocycles. The van der Waals surface area contributed by atoms with Crippen molar-refractivity contribution in [2.24, 2.45) is 0 Å². The van der Waals surface area contributed by atoms with Crippen molar-refractivity contribution in [3.05, 3.63) is 71.9 Å². The smallest absolute Gasteiger partial charge is 0.266 e. The maximum Gasteiger partial charge on any atom is 0.266 e. The van der Waals surface area contributed by atoms with E-state index < -0.39 is 0 Å². The number of carbonyl (C=O) groups is 1. The average Bonchev–Trinajstić information content (AvgIpc) is 2.56. The molecule has 0 aliphatic heterocycles. The summed E-state index contributed by atoms with van der Waals surface area (Å²) in [5.41, 5.74) is 1.06. The van der Waals surface area contributed by atoms with E-state index in [-0.39, 0.29) is 11.5 Å². The van der Waals surface area contributed by atoms with Gasteiger partial charge in [0, 0.05) is 30.9 Å². The summed E-state index contributed by atoms with van der Waals surface area (Å²) in [6.45, 7) is 8.52. The van der Waals surface area contributed by atoms with Crippen LogP contribution < -0.4 is 5.32 Å². The van der Waals surface area contributed by atoms with Gasteiger partial charge in [0.1, 0.15) is 11.6 Å². The first-order chi connectivity index (χ1) is 11.1. The Morgan fingerprint density at radius 3 is 2.52 bits per heavy atom. The normalized spacial score (nSPS) is 10.5. The van der Waals surface area contributed by atoms with Crippen LogP contribution >= 0.6 is 11.6 Å². The zero-order chi connectivity index (χ0) is 17.1. The molecule has 1 amide bonds. The molecule has 0 spiro atoms. The summed E-state index contributed by atoms with van der Waals surface area (Å²) in [5, 5.41) is 12.9. The molecule has 0 unspecified atom stereocenters. The lowest BCUT2D eigenvalue weighted by molar-refractivity contribution is -0.125. The molecule has 0 aromatic heterocycles. The summed E-state index contributed by atoms with van der Waals surface area (Å²) >= 11 is 6.08. The quantitative estimate of drug-likeness (QED) is 0.328. The molecule has 0 aliphatic rings. The van der Waals surface area contributed by atoms with Crippen LogP contribution in [0.3, 0.4) is 0 Å². The van der Waals surface area contributed by atoms with Crippen molar-refractivity contribution in [1.82, 2.24) is 10.2 Å². The van der Waals surface area contributed by atoms with Crippen LogP contribution in [0.4, 0.5) is 0 Å². The molecule has 1 aromatic rings. The van der Waals surface area contributed by atoms with Crippen molar-refractivity contribution < 1.29 is 4.79 Å². The molecule has 1 N–H and O–H groups in total. The van der Waals surface area contributed by atoms with Gasteiger partial charge in [0.2, 0.25) is 0 Å². The summed E-state index contributed by atoms with van der Waals surface area (Å²) in [4.78, 5) is 13.7. The summed E-state index contributed by atoms with van der Waals surface area (Å²) in [5.74, 6) is -0.349. The second-order valence-corrected chi connectivity index (χ2v) is 5.16. The molecule has 0 atom stereocenters. The molecule has 23 heavy (non-hydrogen) atoms. The van der Waals surface area contributed by atoms with Gasteiger partial charge in [-0.1, -0.05) is 42.0 Å². The minimum atomic E-state index is -0.349. The van der Waals surface area contributed by atoms with Crippen molar-refractivity contribution in [1.29, 1.82) is 5.26 Å². The van der Waals surface area contributed by atoms with Crippen molar-refractivity contribution in [2.75, 3.05) is 19.6 Å². The summed E-state index contributed by atoms with van der Waals surface area (Å²) in [6.07, 6.45) is 5.37. The molecule has 0 radical (unpaired) electrons. The number of carbonyl (C=O) groups excluding carboxylic acids is 1. The predicted octanol–water partition coefficient (Wildman–Crippen LogP) is 3.08. The fraction of sp³-hybridized carbons (Fsp3) is 0.222. The highest BCUT2D eigenvalue weighted by Gasteiger charge is 2.15. The molecule has 0 saturated carbocycles. The summed E-state index contributed by atoms with van der Waals surface area (Å²) in [7, 11) is 0. The van der Waals surface area contributed by atoms with Crippen LogP contribution in [0.25, 0.3) is 0 Å². The minimum Gasteiger partial charge on any atom is -0.389 e. The van der Waals surface area contributed by atoms with E-state index in [1.165, 1.54) is 11.1 Å². The lowest BCUT2D eigenvalue weighted by Gasteiger charge is -2.18. The topological polar surface area (TPSA) is 56.1 Å². The number of nitrogens with zero attached hydrogens (tertiary/aromatic N) is 2. The summed E-state index contributed by atoms with van der Waals surface area (Å²) in [6, 6.07) is 9.49. The van der Waals surface area contributed by atoms with Crippen LogP contribution in [0.2, 0.25) is 5.02 Å². The van der Waals surface area contributed by atoms with E-state index >= 15 is 0 Å². The minimum absolute atomic E-state index is 0.0489. The van der Waals surface area contributed by atoms with Crippen LogP contribution in [0.15, 0.2) is 61.3 Å². The van der Waals surface area contributed by atoms with Gasteiger partial charge in [-0.15, -0.1) is 13.2 Å². The Morgan fingerprint density at radius 1 is 1.30 bits per heavy atom. The highest BCUT2D eigenvalue weighted by molar-refractivity contribution is 6.31. The second kappa shape index (κ2) is 10.3. The Labute approximate surface area is 142 Å². The number of hydrogen-bond acceptors (Lipinski definition) is 3. The van der Waals surface area contributed by atoms with Gasteiger partial charge in [0.15, 0.2) is 0 Å². The number of halogens is 1. The van der Waals surface area contributed by atoms with Gasteiger partial charge in [-0.2, -0.15) is 5.26 Å².